The molecule has 1 aliphatic rings. The van der Waals surface area contributed by atoms with Crippen LogP contribution in [0.15, 0.2) is 0 Å². The van der Waals surface area contributed by atoms with Crippen molar-refractivity contribution in [2.75, 3.05) is 32.7 Å². The SMILES string of the molecule is CCN(CC(=O)NC(C)C)C(=O)CN1CCCC(O)C1. The number of carbonyl (C=O) groups is 2. The molecule has 0 radical (unpaired) electrons. The Kier molecular flexibility index (Phi) is 6.95. The minimum atomic E-state index is -0.337. The fraction of sp³-hybridized carbons (Fsp3) is 0.857. The molecule has 0 spiro atoms. The van der Waals surface area contributed by atoms with Gasteiger partial charge in [0.05, 0.1) is 19.2 Å². The van der Waals surface area contributed by atoms with Crippen LogP contribution >= 0.6 is 0 Å². The fourth-order valence-corrected chi connectivity index (χ4v) is 2.38. The molecule has 1 unspecified atom stereocenters. The number of hydrogen-bond acceptors (Lipinski definition) is 4. The van der Waals surface area contributed by atoms with Crippen LogP contribution in [0.1, 0.15) is 33.6 Å². The molecule has 0 aromatic rings. The van der Waals surface area contributed by atoms with E-state index in [1.54, 1.807) is 4.90 Å². The third-order valence-corrected chi connectivity index (χ3v) is 3.36. The Bertz CT molecular complexity index is 334. The lowest BCUT2D eigenvalue weighted by Gasteiger charge is -2.31. The highest BCUT2D eigenvalue weighted by atomic mass is 16.3. The maximum Gasteiger partial charge on any atom is 0.239 e. The van der Waals surface area contributed by atoms with Crippen molar-refractivity contribution in [2.24, 2.45) is 0 Å². The van der Waals surface area contributed by atoms with E-state index in [2.05, 4.69) is 5.32 Å². The molecule has 1 rings (SSSR count). The molecule has 1 fully saturated rings. The topological polar surface area (TPSA) is 72.9 Å². The number of nitrogens with one attached hydrogen (secondary N) is 1. The summed E-state index contributed by atoms with van der Waals surface area (Å²) in [5.41, 5.74) is 0. The number of amides is 2. The predicted octanol–water partition coefficient (Wildman–Crippen LogP) is -0.184. The molecule has 2 amide bonds. The summed E-state index contributed by atoms with van der Waals surface area (Å²) < 4.78 is 0. The average Bonchev–Trinajstić information content (AvgIpc) is 2.34. The van der Waals surface area contributed by atoms with Gasteiger partial charge in [0.25, 0.3) is 0 Å². The van der Waals surface area contributed by atoms with Crippen molar-refractivity contribution < 1.29 is 14.7 Å². The Morgan fingerprint density at radius 2 is 2.15 bits per heavy atom. The van der Waals surface area contributed by atoms with Crippen LogP contribution in [0.25, 0.3) is 0 Å². The van der Waals surface area contributed by atoms with Gasteiger partial charge in [0.2, 0.25) is 11.8 Å². The molecule has 6 heteroatoms. The first-order valence-electron chi connectivity index (χ1n) is 7.40. The second-order valence-corrected chi connectivity index (χ2v) is 5.66. The maximum absolute atomic E-state index is 12.2. The van der Waals surface area contributed by atoms with E-state index in [1.807, 2.05) is 25.7 Å². The highest BCUT2D eigenvalue weighted by Gasteiger charge is 2.23. The van der Waals surface area contributed by atoms with E-state index >= 15 is 0 Å². The fourth-order valence-electron chi connectivity index (χ4n) is 2.38. The molecule has 0 aliphatic carbocycles. The molecule has 1 saturated heterocycles. The van der Waals surface area contributed by atoms with Gasteiger partial charge in [-0.1, -0.05) is 0 Å². The Labute approximate surface area is 121 Å². The van der Waals surface area contributed by atoms with Crippen LogP contribution in [-0.2, 0) is 9.59 Å². The van der Waals surface area contributed by atoms with E-state index in [1.165, 1.54) is 0 Å². The molecule has 1 heterocycles. The second-order valence-electron chi connectivity index (χ2n) is 5.66. The van der Waals surface area contributed by atoms with E-state index < -0.39 is 0 Å². The molecule has 20 heavy (non-hydrogen) atoms. The van der Waals surface area contributed by atoms with Gasteiger partial charge >= 0.3 is 0 Å². The zero-order chi connectivity index (χ0) is 15.1. The summed E-state index contributed by atoms with van der Waals surface area (Å²) in [4.78, 5) is 27.4. The van der Waals surface area contributed by atoms with Crippen LogP contribution in [-0.4, -0.2) is 71.6 Å². The Hall–Kier alpha value is -1.14. The number of likely N-dealkylation sites (N-methyl/N-ethyl adjacent to an activating group) is 1. The van der Waals surface area contributed by atoms with Crippen LogP contribution in [0.2, 0.25) is 0 Å². The highest BCUT2D eigenvalue weighted by Crippen LogP contribution is 2.09. The molecule has 116 valence electrons. The number of aliphatic hydroxyl groups is 1. The number of hydrogen-bond donors (Lipinski definition) is 2. The average molecular weight is 285 g/mol. The maximum atomic E-state index is 12.2. The van der Waals surface area contributed by atoms with Crippen molar-refractivity contribution in [1.29, 1.82) is 0 Å². The summed E-state index contributed by atoms with van der Waals surface area (Å²) in [6, 6.07) is 0.0774. The van der Waals surface area contributed by atoms with Gasteiger partial charge in [-0.25, -0.2) is 0 Å². The van der Waals surface area contributed by atoms with Crippen LogP contribution in [0, 0.1) is 0 Å². The van der Waals surface area contributed by atoms with Gasteiger partial charge in [-0.3, -0.25) is 14.5 Å². The standard InChI is InChI=1S/C14H27N3O3/c1-4-17(9-13(19)15-11(2)3)14(20)10-16-7-5-6-12(18)8-16/h11-12,18H,4-10H2,1-3H3,(H,15,19). The summed E-state index contributed by atoms with van der Waals surface area (Å²) in [7, 11) is 0. The molecule has 1 aliphatic heterocycles. The number of aliphatic hydroxyl groups excluding tert-OH is 1. The Morgan fingerprint density at radius 3 is 2.70 bits per heavy atom. The van der Waals surface area contributed by atoms with Crippen LogP contribution in [0.3, 0.4) is 0 Å². The lowest BCUT2D eigenvalue weighted by molar-refractivity contribution is -0.137. The first-order valence-corrected chi connectivity index (χ1v) is 7.40. The first kappa shape index (κ1) is 16.9. The molecule has 0 aromatic heterocycles. The van der Waals surface area contributed by atoms with Gasteiger partial charge in [-0.15, -0.1) is 0 Å². The smallest absolute Gasteiger partial charge is 0.239 e. The molecule has 1 atom stereocenters. The summed E-state index contributed by atoms with van der Waals surface area (Å²) >= 11 is 0. The zero-order valence-corrected chi connectivity index (χ0v) is 12.8. The minimum Gasteiger partial charge on any atom is -0.392 e. The van der Waals surface area contributed by atoms with Crippen LogP contribution < -0.4 is 5.32 Å². The second kappa shape index (κ2) is 8.21. The summed E-state index contributed by atoms with van der Waals surface area (Å²) in [5, 5.41) is 12.4. The van der Waals surface area contributed by atoms with E-state index in [4.69, 9.17) is 0 Å². The van der Waals surface area contributed by atoms with Gasteiger partial charge in [0, 0.05) is 19.1 Å². The van der Waals surface area contributed by atoms with Crippen molar-refractivity contribution in [3.63, 3.8) is 0 Å². The van der Waals surface area contributed by atoms with E-state index in [9.17, 15) is 14.7 Å². The Balaban J connectivity index is 2.43. The first-order chi connectivity index (χ1) is 9.42. The Morgan fingerprint density at radius 1 is 1.45 bits per heavy atom. The molecule has 0 saturated carbocycles. The number of carbonyl (C=O) groups excluding carboxylic acids is 2. The molecular weight excluding hydrogens is 258 g/mol. The van der Waals surface area contributed by atoms with Crippen molar-refractivity contribution in [3.8, 4) is 0 Å². The predicted molar refractivity (Wildman–Crippen MR) is 77.2 cm³/mol. The largest absolute Gasteiger partial charge is 0.392 e. The van der Waals surface area contributed by atoms with Gasteiger partial charge in [0.15, 0.2) is 0 Å². The molecule has 0 bridgehead atoms. The van der Waals surface area contributed by atoms with E-state index in [-0.39, 0.29) is 37.0 Å². The normalized spacial score (nSPS) is 19.9. The van der Waals surface area contributed by atoms with E-state index in [0.717, 1.165) is 19.4 Å². The van der Waals surface area contributed by atoms with Gasteiger partial charge < -0.3 is 15.3 Å². The molecule has 6 nitrogen and oxygen atoms in total. The number of rotatable bonds is 6. The van der Waals surface area contributed by atoms with Crippen molar-refractivity contribution in [1.82, 2.24) is 15.1 Å². The van der Waals surface area contributed by atoms with Crippen LogP contribution in [0.4, 0.5) is 0 Å². The van der Waals surface area contributed by atoms with Crippen molar-refractivity contribution >= 4 is 11.8 Å². The summed E-state index contributed by atoms with van der Waals surface area (Å²) in [6.07, 6.45) is 1.38. The molecular formula is C14H27N3O3. The lowest BCUT2D eigenvalue weighted by atomic mass is 10.1. The monoisotopic (exact) mass is 285 g/mol. The molecule has 0 aromatic carbocycles. The number of likely N-dealkylation sites (tertiary alicyclic amines) is 1. The minimum absolute atomic E-state index is 0.0551. The number of piperidine rings is 1. The van der Waals surface area contributed by atoms with Crippen molar-refractivity contribution in [2.45, 2.75) is 45.8 Å². The van der Waals surface area contributed by atoms with Crippen LogP contribution in [0.5, 0.6) is 0 Å². The van der Waals surface area contributed by atoms with E-state index in [0.29, 0.717) is 13.1 Å². The third kappa shape index (κ3) is 5.88. The quantitative estimate of drug-likeness (QED) is 0.710. The number of β-amino-alcohol motifs (C(OH)–C–C–N with tert-alkyl or cyclic N) is 1. The molecule has 2 N–H and O–H groups in total. The summed E-state index contributed by atoms with van der Waals surface area (Å²) in [5.74, 6) is -0.186. The van der Waals surface area contributed by atoms with Crippen molar-refractivity contribution in [3.05, 3.63) is 0 Å². The number of nitrogens with zero attached hydrogens (tertiary/aromatic N) is 2. The zero-order valence-electron chi connectivity index (χ0n) is 12.8. The van der Waals surface area contributed by atoms with Gasteiger partial charge in [0.1, 0.15) is 0 Å². The summed E-state index contributed by atoms with van der Waals surface area (Å²) in [6.45, 7) is 7.92. The van der Waals surface area contributed by atoms with Gasteiger partial charge in [-0.05, 0) is 40.2 Å². The lowest BCUT2D eigenvalue weighted by Crippen LogP contribution is -2.48. The van der Waals surface area contributed by atoms with Gasteiger partial charge in [-0.2, -0.15) is 0 Å². The highest BCUT2D eigenvalue weighted by molar-refractivity contribution is 5.85. The third-order valence-electron chi connectivity index (χ3n) is 3.36.